The molecule has 0 saturated carbocycles. The van der Waals surface area contributed by atoms with E-state index in [0.717, 1.165) is 16.3 Å². The van der Waals surface area contributed by atoms with Gasteiger partial charge in [0.2, 0.25) is 16.9 Å². The largest absolute Gasteiger partial charge is 0.374 e. The number of para-hydroxylation sites is 1. The SMILES string of the molecule is CC(C)c1ccccc1NC(=O)CCC(=O)NCCc1nnc(N)s1. The summed E-state index contributed by atoms with van der Waals surface area (Å²) >= 11 is 1.30. The Morgan fingerprint density at radius 3 is 2.56 bits per heavy atom. The lowest BCUT2D eigenvalue weighted by Crippen LogP contribution is -2.27. The van der Waals surface area contributed by atoms with Crippen molar-refractivity contribution in [2.75, 3.05) is 17.6 Å². The summed E-state index contributed by atoms with van der Waals surface area (Å²) in [6.45, 7) is 4.60. The third-order valence-corrected chi connectivity index (χ3v) is 4.39. The van der Waals surface area contributed by atoms with Gasteiger partial charge in [0.25, 0.3) is 0 Å². The second-order valence-corrected chi connectivity index (χ2v) is 7.02. The van der Waals surface area contributed by atoms with Crippen molar-refractivity contribution >= 4 is 34.0 Å². The molecule has 0 atom stereocenters. The van der Waals surface area contributed by atoms with Crippen molar-refractivity contribution in [2.24, 2.45) is 0 Å². The minimum atomic E-state index is -0.167. The van der Waals surface area contributed by atoms with Crippen molar-refractivity contribution in [1.82, 2.24) is 15.5 Å². The predicted molar refractivity (Wildman–Crippen MR) is 99.4 cm³/mol. The van der Waals surface area contributed by atoms with Gasteiger partial charge in [0.05, 0.1) is 0 Å². The van der Waals surface area contributed by atoms with Crippen molar-refractivity contribution in [2.45, 2.75) is 39.0 Å². The molecule has 7 nitrogen and oxygen atoms in total. The number of carbonyl (C=O) groups is 2. The standard InChI is InChI=1S/C17H23N5O2S/c1-11(2)12-5-3-4-6-13(12)20-15(24)8-7-14(23)19-10-9-16-21-22-17(18)25-16/h3-6,11H,7-10H2,1-2H3,(H2,18,22)(H,19,23)(H,20,24). The number of benzene rings is 1. The van der Waals surface area contributed by atoms with Gasteiger partial charge in [0.1, 0.15) is 5.01 Å². The average Bonchev–Trinajstić information content (AvgIpc) is 2.98. The number of nitrogen functional groups attached to an aromatic ring is 1. The van der Waals surface area contributed by atoms with Crippen LogP contribution in [0.25, 0.3) is 0 Å². The van der Waals surface area contributed by atoms with Crippen molar-refractivity contribution in [3.63, 3.8) is 0 Å². The summed E-state index contributed by atoms with van der Waals surface area (Å²) in [7, 11) is 0. The molecule has 0 aliphatic rings. The van der Waals surface area contributed by atoms with Gasteiger partial charge in [-0.1, -0.05) is 43.4 Å². The van der Waals surface area contributed by atoms with E-state index in [1.807, 2.05) is 24.3 Å². The van der Waals surface area contributed by atoms with Gasteiger partial charge in [0.15, 0.2) is 0 Å². The smallest absolute Gasteiger partial charge is 0.224 e. The highest BCUT2D eigenvalue weighted by molar-refractivity contribution is 7.15. The molecule has 2 rings (SSSR count). The van der Waals surface area contributed by atoms with Crippen LogP contribution >= 0.6 is 11.3 Å². The highest BCUT2D eigenvalue weighted by Gasteiger charge is 2.11. The fourth-order valence-corrected chi connectivity index (χ4v) is 2.93. The zero-order valence-electron chi connectivity index (χ0n) is 14.4. The number of nitrogens with two attached hydrogens (primary N) is 1. The van der Waals surface area contributed by atoms with Gasteiger partial charge in [-0.25, -0.2) is 0 Å². The molecule has 2 aromatic rings. The second-order valence-electron chi connectivity index (χ2n) is 5.92. The Kier molecular flexibility index (Phi) is 6.88. The number of hydrogen-bond acceptors (Lipinski definition) is 6. The van der Waals surface area contributed by atoms with Gasteiger partial charge in [0, 0.05) is 31.5 Å². The van der Waals surface area contributed by atoms with Crippen LogP contribution in [-0.2, 0) is 16.0 Å². The van der Waals surface area contributed by atoms with Crippen LogP contribution in [0.3, 0.4) is 0 Å². The molecule has 0 fully saturated rings. The first-order valence-electron chi connectivity index (χ1n) is 8.19. The highest BCUT2D eigenvalue weighted by atomic mass is 32.1. The fourth-order valence-electron chi connectivity index (χ4n) is 2.32. The molecule has 0 aliphatic carbocycles. The van der Waals surface area contributed by atoms with Crippen LogP contribution in [0, 0.1) is 0 Å². The van der Waals surface area contributed by atoms with Crippen LogP contribution in [-0.4, -0.2) is 28.6 Å². The van der Waals surface area contributed by atoms with Gasteiger partial charge in [-0.3, -0.25) is 9.59 Å². The third-order valence-electron chi connectivity index (χ3n) is 3.58. The molecule has 4 N–H and O–H groups in total. The molecule has 0 aliphatic heterocycles. The summed E-state index contributed by atoms with van der Waals surface area (Å²) < 4.78 is 0. The zero-order chi connectivity index (χ0) is 18.2. The first kappa shape index (κ1) is 18.9. The molecule has 0 spiro atoms. The minimum Gasteiger partial charge on any atom is -0.374 e. The van der Waals surface area contributed by atoms with Gasteiger partial charge >= 0.3 is 0 Å². The Balaban J connectivity index is 1.71. The Morgan fingerprint density at radius 2 is 1.88 bits per heavy atom. The number of rotatable bonds is 8. The zero-order valence-corrected chi connectivity index (χ0v) is 15.2. The lowest BCUT2D eigenvalue weighted by atomic mass is 10.0. The summed E-state index contributed by atoms with van der Waals surface area (Å²) in [5, 5.41) is 14.4. The molecule has 0 unspecified atom stereocenters. The third kappa shape index (κ3) is 6.15. The van der Waals surface area contributed by atoms with Crippen LogP contribution in [0.15, 0.2) is 24.3 Å². The normalized spacial score (nSPS) is 10.7. The number of aromatic nitrogens is 2. The number of hydrogen-bond donors (Lipinski definition) is 3. The van der Waals surface area contributed by atoms with E-state index in [1.54, 1.807) is 0 Å². The predicted octanol–water partition coefficient (Wildman–Crippen LogP) is 2.32. The molecular formula is C17H23N5O2S. The molecule has 1 aromatic carbocycles. The van der Waals surface area contributed by atoms with Crippen LogP contribution in [0.4, 0.5) is 10.8 Å². The van der Waals surface area contributed by atoms with Gasteiger partial charge in [-0.05, 0) is 17.5 Å². The molecule has 8 heteroatoms. The number of carbonyl (C=O) groups excluding carboxylic acids is 2. The Labute approximate surface area is 151 Å². The molecular weight excluding hydrogens is 338 g/mol. The van der Waals surface area contributed by atoms with Crippen LogP contribution in [0.2, 0.25) is 0 Å². The number of amides is 2. The lowest BCUT2D eigenvalue weighted by molar-refractivity contribution is -0.124. The summed E-state index contributed by atoms with van der Waals surface area (Å²) in [6, 6.07) is 7.70. The lowest BCUT2D eigenvalue weighted by Gasteiger charge is -2.13. The molecule has 134 valence electrons. The van der Waals surface area contributed by atoms with E-state index in [9.17, 15) is 9.59 Å². The Hall–Kier alpha value is -2.48. The maximum Gasteiger partial charge on any atom is 0.224 e. The quantitative estimate of drug-likeness (QED) is 0.668. The van der Waals surface area contributed by atoms with Gasteiger partial charge < -0.3 is 16.4 Å². The average molecular weight is 361 g/mol. The summed E-state index contributed by atoms with van der Waals surface area (Å²) in [5.74, 6) is -0.0147. The van der Waals surface area contributed by atoms with Gasteiger partial charge in [-0.15, -0.1) is 10.2 Å². The van der Waals surface area contributed by atoms with E-state index < -0.39 is 0 Å². The Bertz CT molecular complexity index is 729. The van der Waals surface area contributed by atoms with E-state index in [2.05, 4.69) is 34.7 Å². The summed E-state index contributed by atoms with van der Waals surface area (Å²) in [4.78, 5) is 23.9. The molecule has 25 heavy (non-hydrogen) atoms. The molecule has 0 bridgehead atoms. The van der Waals surface area contributed by atoms with E-state index >= 15 is 0 Å². The van der Waals surface area contributed by atoms with E-state index in [0.29, 0.717) is 24.0 Å². The minimum absolute atomic E-state index is 0.143. The van der Waals surface area contributed by atoms with E-state index in [-0.39, 0.29) is 24.7 Å². The molecule has 0 saturated heterocycles. The summed E-state index contributed by atoms with van der Waals surface area (Å²) in [5.41, 5.74) is 7.38. The van der Waals surface area contributed by atoms with Crippen molar-refractivity contribution in [3.8, 4) is 0 Å². The maximum absolute atomic E-state index is 12.1. The van der Waals surface area contributed by atoms with Crippen LogP contribution in [0.1, 0.15) is 43.2 Å². The number of nitrogens with zero attached hydrogens (tertiary/aromatic N) is 2. The van der Waals surface area contributed by atoms with Gasteiger partial charge in [-0.2, -0.15) is 0 Å². The number of nitrogens with one attached hydrogen (secondary N) is 2. The highest BCUT2D eigenvalue weighted by Crippen LogP contribution is 2.23. The topological polar surface area (TPSA) is 110 Å². The second kappa shape index (κ2) is 9.12. The van der Waals surface area contributed by atoms with Crippen molar-refractivity contribution in [3.05, 3.63) is 34.8 Å². The maximum atomic E-state index is 12.1. The Morgan fingerprint density at radius 1 is 1.16 bits per heavy atom. The van der Waals surface area contributed by atoms with E-state index in [1.165, 1.54) is 11.3 Å². The molecule has 1 aromatic heterocycles. The van der Waals surface area contributed by atoms with Crippen LogP contribution in [0.5, 0.6) is 0 Å². The summed E-state index contributed by atoms with van der Waals surface area (Å²) in [6.07, 6.45) is 0.868. The first-order valence-corrected chi connectivity index (χ1v) is 9.00. The monoisotopic (exact) mass is 361 g/mol. The van der Waals surface area contributed by atoms with Crippen molar-refractivity contribution in [1.29, 1.82) is 0 Å². The van der Waals surface area contributed by atoms with Crippen LogP contribution < -0.4 is 16.4 Å². The first-order chi connectivity index (χ1) is 12.0. The molecule has 0 radical (unpaired) electrons. The van der Waals surface area contributed by atoms with E-state index in [4.69, 9.17) is 5.73 Å². The fraction of sp³-hybridized carbons (Fsp3) is 0.412. The van der Waals surface area contributed by atoms with Crippen molar-refractivity contribution < 1.29 is 9.59 Å². The molecule has 1 heterocycles. The molecule has 2 amide bonds. The number of anilines is 2.